The third-order valence-electron chi connectivity index (χ3n) is 2.25. The molecular weight excluding hydrogens is 261 g/mol. The highest BCUT2D eigenvalue weighted by atomic mass is 35.5. The molecule has 2 rings (SSSR count). The topological polar surface area (TPSA) is 34.4 Å². The molecule has 0 aliphatic heterocycles. The second-order valence-electron chi connectivity index (χ2n) is 3.41. The molecule has 0 unspecified atom stereocenters. The molecule has 1 N–H and O–H groups in total. The van der Waals surface area contributed by atoms with E-state index in [9.17, 15) is 0 Å². The molecule has 0 saturated heterocycles. The summed E-state index contributed by atoms with van der Waals surface area (Å²) in [6.07, 6.45) is 0. The van der Waals surface area contributed by atoms with Gasteiger partial charge in [-0.3, -0.25) is 0 Å². The molecule has 1 heterocycles. The molecule has 0 bridgehead atoms. The first-order valence-corrected chi connectivity index (χ1v) is 5.76. The largest absolute Gasteiger partial charge is 0.495 e. The number of methoxy groups -OCH3 is 1. The van der Waals surface area contributed by atoms with Gasteiger partial charge in [-0.25, -0.2) is 0 Å². The molecule has 0 atom stereocenters. The lowest BCUT2D eigenvalue weighted by atomic mass is 10.3. The standard InChI is InChI=1S/C12H11Cl2NO2/c1-16-11-6-8(2-4-10(11)13)15-7-9-3-5-12(14)17-9/h2-6,15H,7H2,1H3. The summed E-state index contributed by atoms with van der Waals surface area (Å²) >= 11 is 11.6. The molecule has 1 aromatic heterocycles. The highest BCUT2D eigenvalue weighted by molar-refractivity contribution is 6.32. The maximum absolute atomic E-state index is 5.93. The first kappa shape index (κ1) is 12.1. The van der Waals surface area contributed by atoms with Gasteiger partial charge in [-0.15, -0.1) is 0 Å². The van der Waals surface area contributed by atoms with Gasteiger partial charge in [-0.1, -0.05) is 11.6 Å². The number of halogens is 2. The van der Waals surface area contributed by atoms with Crippen LogP contribution in [0.2, 0.25) is 10.2 Å². The SMILES string of the molecule is COc1cc(NCc2ccc(Cl)o2)ccc1Cl. The highest BCUT2D eigenvalue weighted by Gasteiger charge is 2.03. The minimum absolute atomic E-state index is 0.385. The Hall–Kier alpha value is -1.32. The average molecular weight is 272 g/mol. The maximum Gasteiger partial charge on any atom is 0.193 e. The van der Waals surface area contributed by atoms with E-state index in [1.165, 1.54) is 0 Å². The second kappa shape index (κ2) is 5.34. The number of hydrogen-bond acceptors (Lipinski definition) is 3. The summed E-state index contributed by atoms with van der Waals surface area (Å²) < 4.78 is 10.4. The zero-order valence-corrected chi connectivity index (χ0v) is 10.7. The lowest BCUT2D eigenvalue weighted by molar-refractivity contribution is 0.415. The summed E-state index contributed by atoms with van der Waals surface area (Å²) in [5, 5.41) is 4.15. The fourth-order valence-electron chi connectivity index (χ4n) is 1.41. The van der Waals surface area contributed by atoms with Gasteiger partial charge < -0.3 is 14.5 Å². The van der Waals surface area contributed by atoms with Crippen molar-refractivity contribution < 1.29 is 9.15 Å². The van der Waals surface area contributed by atoms with Crippen LogP contribution in [0.15, 0.2) is 34.7 Å². The van der Waals surface area contributed by atoms with Gasteiger partial charge in [0, 0.05) is 11.8 Å². The molecule has 0 aliphatic carbocycles. The monoisotopic (exact) mass is 271 g/mol. The van der Waals surface area contributed by atoms with Crippen molar-refractivity contribution in [1.82, 2.24) is 0 Å². The molecule has 3 nitrogen and oxygen atoms in total. The van der Waals surface area contributed by atoms with E-state index in [1.807, 2.05) is 18.2 Å². The number of hydrogen-bond donors (Lipinski definition) is 1. The predicted octanol–water partition coefficient (Wildman–Crippen LogP) is 4.21. The summed E-state index contributed by atoms with van der Waals surface area (Å²) in [6, 6.07) is 9.00. The lowest BCUT2D eigenvalue weighted by Crippen LogP contribution is -1.98. The zero-order chi connectivity index (χ0) is 12.3. The summed E-state index contributed by atoms with van der Waals surface area (Å²) in [7, 11) is 1.58. The van der Waals surface area contributed by atoms with Crippen molar-refractivity contribution in [3.63, 3.8) is 0 Å². The average Bonchev–Trinajstić information content (AvgIpc) is 2.74. The number of nitrogens with one attached hydrogen (secondary N) is 1. The summed E-state index contributed by atoms with van der Waals surface area (Å²) in [5.41, 5.74) is 0.902. The van der Waals surface area contributed by atoms with Crippen molar-refractivity contribution in [2.24, 2.45) is 0 Å². The van der Waals surface area contributed by atoms with E-state index in [2.05, 4.69) is 5.32 Å². The Balaban J connectivity index is 2.04. The van der Waals surface area contributed by atoms with Gasteiger partial charge in [-0.05, 0) is 35.9 Å². The molecule has 5 heteroatoms. The number of benzene rings is 1. The van der Waals surface area contributed by atoms with E-state index < -0.39 is 0 Å². The van der Waals surface area contributed by atoms with Gasteiger partial charge in [0.15, 0.2) is 5.22 Å². The zero-order valence-electron chi connectivity index (χ0n) is 9.17. The fourth-order valence-corrected chi connectivity index (χ4v) is 1.76. The van der Waals surface area contributed by atoms with Gasteiger partial charge in [-0.2, -0.15) is 0 Å². The van der Waals surface area contributed by atoms with Crippen molar-refractivity contribution >= 4 is 28.9 Å². The molecule has 0 radical (unpaired) electrons. The van der Waals surface area contributed by atoms with Crippen molar-refractivity contribution in [2.75, 3.05) is 12.4 Å². The smallest absolute Gasteiger partial charge is 0.193 e. The molecule has 17 heavy (non-hydrogen) atoms. The maximum atomic E-state index is 5.93. The first-order chi connectivity index (χ1) is 8.19. The van der Waals surface area contributed by atoms with Gasteiger partial charge in [0.25, 0.3) is 0 Å². The predicted molar refractivity (Wildman–Crippen MR) is 69.0 cm³/mol. The van der Waals surface area contributed by atoms with Crippen LogP contribution in [0.5, 0.6) is 5.75 Å². The van der Waals surface area contributed by atoms with Gasteiger partial charge in [0.05, 0.1) is 18.7 Å². The lowest BCUT2D eigenvalue weighted by Gasteiger charge is -2.08. The highest BCUT2D eigenvalue weighted by Crippen LogP contribution is 2.27. The molecular formula is C12H11Cl2NO2. The third-order valence-corrected chi connectivity index (χ3v) is 2.76. The van der Waals surface area contributed by atoms with Gasteiger partial charge in [0.2, 0.25) is 0 Å². The van der Waals surface area contributed by atoms with E-state index in [0.717, 1.165) is 11.4 Å². The van der Waals surface area contributed by atoms with Crippen molar-refractivity contribution in [2.45, 2.75) is 6.54 Å². The van der Waals surface area contributed by atoms with Crippen LogP contribution in [-0.2, 0) is 6.54 Å². The molecule has 90 valence electrons. The Kier molecular flexibility index (Phi) is 3.82. The number of anilines is 1. The van der Waals surface area contributed by atoms with Crippen LogP contribution >= 0.6 is 23.2 Å². The molecule has 0 aliphatic rings. The van der Waals surface area contributed by atoms with Gasteiger partial charge >= 0.3 is 0 Å². The summed E-state index contributed by atoms with van der Waals surface area (Å²) in [5.74, 6) is 1.40. The van der Waals surface area contributed by atoms with E-state index >= 15 is 0 Å². The van der Waals surface area contributed by atoms with Crippen LogP contribution < -0.4 is 10.1 Å². The Morgan fingerprint density at radius 1 is 1.24 bits per heavy atom. The Morgan fingerprint density at radius 2 is 2.06 bits per heavy atom. The second-order valence-corrected chi connectivity index (χ2v) is 4.19. The van der Waals surface area contributed by atoms with Crippen LogP contribution in [0.4, 0.5) is 5.69 Å². The molecule has 1 aromatic carbocycles. The normalized spacial score (nSPS) is 10.3. The van der Waals surface area contributed by atoms with E-state index in [1.54, 1.807) is 19.2 Å². The third kappa shape index (κ3) is 3.08. The van der Waals surface area contributed by atoms with Crippen molar-refractivity contribution in [3.05, 3.63) is 46.3 Å². The van der Waals surface area contributed by atoms with Crippen molar-refractivity contribution in [3.8, 4) is 5.75 Å². The molecule has 0 amide bonds. The molecule has 2 aromatic rings. The van der Waals surface area contributed by atoms with E-state index in [-0.39, 0.29) is 0 Å². The number of ether oxygens (including phenoxy) is 1. The fraction of sp³-hybridized carbons (Fsp3) is 0.167. The Labute approximate surface area is 109 Å². The molecule has 0 spiro atoms. The van der Waals surface area contributed by atoms with Crippen LogP contribution in [-0.4, -0.2) is 7.11 Å². The minimum atomic E-state index is 0.385. The van der Waals surface area contributed by atoms with Crippen LogP contribution in [0.1, 0.15) is 5.76 Å². The van der Waals surface area contributed by atoms with Crippen LogP contribution in [0.3, 0.4) is 0 Å². The number of furan rings is 1. The Bertz CT molecular complexity index is 511. The minimum Gasteiger partial charge on any atom is -0.495 e. The summed E-state index contributed by atoms with van der Waals surface area (Å²) in [6.45, 7) is 0.553. The summed E-state index contributed by atoms with van der Waals surface area (Å²) in [4.78, 5) is 0. The van der Waals surface area contributed by atoms with Crippen LogP contribution in [0.25, 0.3) is 0 Å². The quantitative estimate of drug-likeness (QED) is 0.905. The van der Waals surface area contributed by atoms with E-state index in [0.29, 0.717) is 22.5 Å². The number of rotatable bonds is 4. The first-order valence-electron chi connectivity index (χ1n) is 5.00. The van der Waals surface area contributed by atoms with E-state index in [4.69, 9.17) is 32.4 Å². The molecule has 0 saturated carbocycles. The van der Waals surface area contributed by atoms with Crippen molar-refractivity contribution in [1.29, 1.82) is 0 Å². The van der Waals surface area contributed by atoms with Crippen LogP contribution in [0, 0.1) is 0 Å². The molecule has 0 fully saturated rings. The Morgan fingerprint density at radius 3 is 2.71 bits per heavy atom. The van der Waals surface area contributed by atoms with Gasteiger partial charge in [0.1, 0.15) is 11.5 Å².